The molecule has 0 radical (unpaired) electrons. The molecule has 7 nitrogen and oxygen atoms in total. The van der Waals surface area contributed by atoms with Crippen LogP contribution in [-0.2, 0) is 11.2 Å². The number of amides is 1. The van der Waals surface area contributed by atoms with E-state index in [0.717, 1.165) is 23.5 Å². The molecule has 1 unspecified atom stereocenters. The number of aliphatic imine (C=N–C) groups is 1. The Balaban J connectivity index is 0.00000450. The van der Waals surface area contributed by atoms with Crippen LogP contribution >= 0.6 is 35.3 Å². The molecule has 1 heterocycles. The van der Waals surface area contributed by atoms with Crippen molar-refractivity contribution in [3.63, 3.8) is 0 Å². The SMILES string of the molecule is COc1ccc(OC)c(C(C)NC(=NCC(=O)N(C)C)NCCc2cccs2)c1.I. The van der Waals surface area contributed by atoms with Gasteiger partial charge in [-0.1, -0.05) is 6.07 Å². The fourth-order valence-electron chi connectivity index (χ4n) is 2.66. The van der Waals surface area contributed by atoms with Gasteiger partial charge in [0.1, 0.15) is 18.0 Å². The number of rotatable bonds is 9. The van der Waals surface area contributed by atoms with Crippen molar-refractivity contribution in [3.8, 4) is 11.5 Å². The minimum absolute atomic E-state index is 0. The molecule has 0 aliphatic heterocycles. The zero-order valence-corrected chi connectivity index (χ0v) is 21.2. The van der Waals surface area contributed by atoms with Crippen molar-refractivity contribution in [2.24, 2.45) is 4.99 Å². The quantitative estimate of drug-likeness (QED) is 0.287. The highest BCUT2D eigenvalue weighted by molar-refractivity contribution is 14.0. The first kappa shape index (κ1) is 26.0. The number of carbonyl (C=O) groups is 1. The zero-order chi connectivity index (χ0) is 21.2. The number of thiophene rings is 1. The summed E-state index contributed by atoms with van der Waals surface area (Å²) in [6, 6.07) is 9.71. The fourth-order valence-corrected chi connectivity index (χ4v) is 3.37. The van der Waals surface area contributed by atoms with E-state index < -0.39 is 0 Å². The number of hydrogen-bond donors (Lipinski definition) is 2. The van der Waals surface area contributed by atoms with Gasteiger partial charge in [0.05, 0.1) is 20.3 Å². The van der Waals surface area contributed by atoms with Gasteiger partial charge in [-0.25, -0.2) is 4.99 Å². The van der Waals surface area contributed by atoms with Gasteiger partial charge in [0.15, 0.2) is 5.96 Å². The van der Waals surface area contributed by atoms with Gasteiger partial charge in [-0.15, -0.1) is 35.3 Å². The normalized spacial score (nSPS) is 11.8. The summed E-state index contributed by atoms with van der Waals surface area (Å²) in [5, 5.41) is 8.76. The first-order chi connectivity index (χ1) is 13.9. The Morgan fingerprint density at radius 1 is 1.23 bits per heavy atom. The van der Waals surface area contributed by atoms with Crippen molar-refractivity contribution in [1.82, 2.24) is 15.5 Å². The van der Waals surface area contributed by atoms with E-state index in [1.165, 1.54) is 9.78 Å². The minimum Gasteiger partial charge on any atom is -0.497 e. The van der Waals surface area contributed by atoms with Crippen molar-refractivity contribution < 1.29 is 14.3 Å². The Kier molecular flexibility index (Phi) is 11.6. The molecular formula is C21H31IN4O3S. The van der Waals surface area contributed by atoms with E-state index in [9.17, 15) is 4.79 Å². The van der Waals surface area contributed by atoms with Crippen LogP contribution in [-0.4, -0.2) is 58.2 Å². The number of nitrogens with one attached hydrogen (secondary N) is 2. The summed E-state index contributed by atoms with van der Waals surface area (Å²) in [6.07, 6.45) is 0.886. The number of nitrogens with zero attached hydrogens (tertiary/aromatic N) is 2. The third-order valence-electron chi connectivity index (χ3n) is 4.37. The van der Waals surface area contributed by atoms with Gasteiger partial charge in [0.25, 0.3) is 0 Å². The second kappa shape index (κ2) is 13.3. The van der Waals surface area contributed by atoms with Crippen LogP contribution < -0.4 is 20.1 Å². The van der Waals surface area contributed by atoms with Crippen LogP contribution in [0.5, 0.6) is 11.5 Å². The summed E-state index contributed by atoms with van der Waals surface area (Å²) in [5.41, 5.74) is 0.943. The Labute approximate surface area is 199 Å². The molecule has 1 aromatic carbocycles. The molecule has 2 rings (SSSR count). The van der Waals surface area contributed by atoms with Crippen LogP contribution in [0.25, 0.3) is 0 Å². The van der Waals surface area contributed by atoms with E-state index in [4.69, 9.17) is 9.47 Å². The summed E-state index contributed by atoms with van der Waals surface area (Å²) in [7, 11) is 6.72. The van der Waals surface area contributed by atoms with E-state index in [0.29, 0.717) is 12.5 Å². The topological polar surface area (TPSA) is 75.2 Å². The molecule has 9 heteroatoms. The lowest BCUT2D eigenvalue weighted by Gasteiger charge is -2.21. The first-order valence-corrected chi connectivity index (χ1v) is 10.3. The standard InChI is InChI=1S/C21H30N4O3S.HI/c1-15(18-13-16(27-4)8-9-19(18)28-5)24-21(23-14-20(26)25(2)3)22-11-10-17-7-6-12-29-17;/h6-9,12-13,15H,10-11,14H2,1-5H3,(H2,22,23,24);1H. The van der Waals surface area contributed by atoms with Crippen LogP contribution in [0.1, 0.15) is 23.4 Å². The van der Waals surface area contributed by atoms with E-state index in [2.05, 4.69) is 27.1 Å². The van der Waals surface area contributed by atoms with Crippen molar-refractivity contribution >= 4 is 47.2 Å². The summed E-state index contributed by atoms with van der Waals surface area (Å²) in [4.78, 5) is 19.3. The van der Waals surface area contributed by atoms with Crippen molar-refractivity contribution in [2.75, 3.05) is 41.4 Å². The first-order valence-electron chi connectivity index (χ1n) is 9.44. The Bertz CT molecular complexity index is 813. The predicted octanol–water partition coefficient (Wildman–Crippen LogP) is 3.31. The molecule has 0 saturated heterocycles. The third-order valence-corrected chi connectivity index (χ3v) is 5.31. The summed E-state index contributed by atoms with van der Waals surface area (Å²) >= 11 is 1.73. The van der Waals surface area contributed by atoms with Crippen molar-refractivity contribution in [1.29, 1.82) is 0 Å². The Hall–Kier alpha value is -2.01. The van der Waals surface area contributed by atoms with E-state index >= 15 is 0 Å². The molecule has 30 heavy (non-hydrogen) atoms. The maximum Gasteiger partial charge on any atom is 0.243 e. The van der Waals surface area contributed by atoms with Gasteiger partial charge in [-0.2, -0.15) is 0 Å². The lowest BCUT2D eigenvalue weighted by molar-refractivity contribution is -0.127. The Morgan fingerprint density at radius 3 is 2.60 bits per heavy atom. The molecule has 1 aromatic heterocycles. The van der Waals surface area contributed by atoms with Crippen molar-refractivity contribution in [3.05, 3.63) is 46.2 Å². The van der Waals surface area contributed by atoms with Crippen LogP contribution in [0, 0.1) is 0 Å². The molecule has 0 saturated carbocycles. The number of benzene rings is 1. The maximum absolute atomic E-state index is 12.0. The summed E-state index contributed by atoms with van der Waals surface area (Å²) < 4.78 is 10.8. The average molecular weight is 546 g/mol. The smallest absolute Gasteiger partial charge is 0.243 e. The molecule has 2 N–H and O–H groups in total. The van der Waals surface area contributed by atoms with Gasteiger partial charge < -0.3 is 25.0 Å². The molecule has 0 bridgehead atoms. The molecule has 0 aliphatic carbocycles. The molecule has 0 fully saturated rings. The van der Waals surface area contributed by atoms with E-state index in [-0.39, 0.29) is 42.5 Å². The molecule has 2 aromatic rings. The second-order valence-corrected chi connectivity index (χ2v) is 7.72. The largest absolute Gasteiger partial charge is 0.497 e. The molecule has 1 amide bonds. The van der Waals surface area contributed by atoms with Crippen LogP contribution in [0.15, 0.2) is 40.7 Å². The number of halogens is 1. The number of hydrogen-bond acceptors (Lipinski definition) is 5. The number of likely N-dealkylation sites (N-methyl/N-ethyl adjacent to an activating group) is 1. The summed E-state index contributed by atoms with van der Waals surface area (Å²) in [6.45, 7) is 2.80. The number of carbonyl (C=O) groups excluding carboxylic acids is 1. The number of ether oxygens (including phenoxy) is 2. The van der Waals surface area contributed by atoms with Crippen molar-refractivity contribution in [2.45, 2.75) is 19.4 Å². The van der Waals surface area contributed by atoms with Gasteiger partial charge in [-0.05, 0) is 43.0 Å². The second-order valence-electron chi connectivity index (χ2n) is 6.68. The van der Waals surface area contributed by atoms with Crippen LogP contribution in [0.2, 0.25) is 0 Å². The van der Waals surface area contributed by atoms with Crippen LogP contribution in [0.4, 0.5) is 0 Å². The highest BCUT2D eigenvalue weighted by atomic mass is 127. The van der Waals surface area contributed by atoms with Gasteiger partial charge in [-0.3, -0.25) is 4.79 Å². The highest BCUT2D eigenvalue weighted by Gasteiger charge is 2.15. The van der Waals surface area contributed by atoms with E-state index in [1.807, 2.05) is 31.2 Å². The average Bonchev–Trinajstić information content (AvgIpc) is 3.24. The summed E-state index contributed by atoms with van der Waals surface area (Å²) in [5.74, 6) is 2.03. The van der Waals surface area contributed by atoms with Gasteiger partial charge in [0.2, 0.25) is 5.91 Å². The van der Waals surface area contributed by atoms with Gasteiger partial charge >= 0.3 is 0 Å². The van der Waals surface area contributed by atoms with Crippen LogP contribution in [0.3, 0.4) is 0 Å². The minimum atomic E-state index is -0.109. The molecular weight excluding hydrogens is 515 g/mol. The number of guanidine groups is 1. The maximum atomic E-state index is 12.0. The predicted molar refractivity (Wildman–Crippen MR) is 134 cm³/mol. The monoisotopic (exact) mass is 546 g/mol. The zero-order valence-electron chi connectivity index (χ0n) is 18.1. The Morgan fingerprint density at radius 2 is 2.00 bits per heavy atom. The van der Waals surface area contributed by atoms with E-state index in [1.54, 1.807) is 39.7 Å². The molecule has 166 valence electrons. The van der Waals surface area contributed by atoms with Gasteiger partial charge in [0, 0.05) is 31.1 Å². The lowest BCUT2D eigenvalue weighted by Crippen LogP contribution is -2.40. The number of methoxy groups -OCH3 is 2. The fraction of sp³-hybridized carbons (Fsp3) is 0.429. The molecule has 0 spiro atoms. The third kappa shape index (κ3) is 8.02. The lowest BCUT2D eigenvalue weighted by atomic mass is 10.1. The molecule has 1 atom stereocenters. The highest BCUT2D eigenvalue weighted by Crippen LogP contribution is 2.29. The molecule has 0 aliphatic rings.